The summed E-state index contributed by atoms with van der Waals surface area (Å²) in [6.07, 6.45) is 1.60. The molecule has 1 N–H and O–H groups in total. The number of nitrogens with one attached hydrogen (secondary N) is 1. The molecule has 0 aliphatic carbocycles. The van der Waals surface area contributed by atoms with Gasteiger partial charge in [-0.2, -0.15) is 0 Å². The van der Waals surface area contributed by atoms with Crippen LogP contribution in [-0.4, -0.2) is 39.5 Å². The highest BCUT2D eigenvalue weighted by Gasteiger charge is 2.24. The zero-order valence-corrected chi connectivity index (χ0v) is 21.1. The zero-order valence-electron chi connectivity index (χ0n) is 19.5. The molecule has 0 bridgehead atoms. The fraction of sp³-hybridized carbons (Fsp3) is 0.250. The molecule has 0 saturated heterocycles. The summed E-state index contributed by atoms with van der Waals surface area (Å²) in [5.74, 6) is 0.178. The topological polar surface area (TPSA) is 99.2 Å². The van der Waals surface area contributed by atoms with Crippen LogP contribution in [-0.2, 0) is 9.53 Å². The van der Waals surface area contributed by atoms with Gasteiger partial charge in [-0.1, -0.05) is 23.9 Å². The van der Waals surface area contributed by atoms with E-state index >= 15 is 0 Å². The van der Waals surface area contributed by atoms with Gasteiger partial charge in [-0.15, -0.1) is 21.5 Å². The SMILES string of the molecule is COC(=O)c1c(-c2ccc(F)cc2)csc1NC(=O)CSc1nnc(-c2ccoc2C)n1C(C)C. The van der Waals surface area contributed by atoms with Crippen LogP contribution < -0.4 is 5.32 Å². The van der Waals surface area contributed by atoms with Gasteiger partial charge in [0.1, 0.15) is 22.1 Å². The molecule has 8 nitrogen and oxygen atoms in total. The largest absolute Gasteiger partial charge is 0.469 e. The van der Waals surface area contributed by atoms with E-state index in [1.807, 2.05) is 31.4 Å². The monoisotopic (exact) mass is 514 g/mol. The molecule has 0 atom stereocenters. The Morgan fingerprint density at radius 1 is 1.20 bits per heavy atom. The van der Waals surface area contributed by atoms with Gasteiger partial charge in [-0.05, 0) is 44.5 Å². The molecule has 182 valence electrons. The lowest BCUT2D eigenvalue weighted by Crippen LogP contribution is -2.16. The summed E-state index contributed by atoms with van der Waals surface area (Å²) < 4.78 is 25.6. The highest BCUT2D eigenvalue weighted by atomic mass is 32.2. The molecule has 4 aromatic rings. The number of aryl methyl sites for hydroxylation is 1. The summed E-state index contributed by atoms with van der Waals surface area (Å²) in [5.41, 5.74) is 2.28. The third-order valence-electron chi connectivity index (χ3n) is 5.20. The molecule has 3 aromatic heterocycles. The number of hydrogen-bond donors (Lipinski definition) is 1. The number of aromatic nitrogens is 3. The van der Waals surface area contributed by atoms with Crippen LogP contribution in [0.15, 0.2) is 51.5 Å². The second-order valence-electron chi connectivity index (χ2n) is 7.85. The molecule has 1 aromatic carbocycles. The first kappa shape index (κ1) is 24.7. The number of carbonyl (C=O) groups is 2. The van der Waals surface area contributed by atoms with Crippen molar-refractivity contribution in [1.82, 2.24) is 14.8 Å². The maximum absolute atomic E-state index is 13.3. The van der Waals surface area contributed by atoms with Gasteiger partial charge in [0.15, 0.2) is 11.0 Å². The Bertz CT molecular complexity index is 1360. The van der Waals surface area contributed by atoms with Crippen LogP contribution in [0.2, 0.25) is 0 Å². The lowest BCUT2D eigenvalue weighted by Gasteiger charge is -2.13. The van der Waals surface area contributed by atoms with E-state index < -0.39 is 5.97 Å². The summed E-state index contributed by atoms with van der Waals surface area (Å²) in [5, 5.41) is 14.1. The second kappa shape index (κ2) is 10.4. The minimum atomic E-state index is -0.590. The molecule has 0 spiro atoms. The van der Waals surface area contributed by atoms with Gasteiger partial charge >= 0.3 is 5.97 Å². The third kappa shape index (κ3) is 5.15. The normalized spacial score (nSPS) is 11.1. The van der Waals surface area contributed by atoms with Crippen LogP contribution in [0.1, 0.15) is 36.0 Å². The first-order valence-electron chi connectivity index (χ1n) is 10.7. The Kier molecular flexibility index (Phi) is 7.37. The van der Waals surface area contributed by atoms with Gasteiger partial charge < -0.3 is 14.5 Å². The van der Waals surface area contributed by atoms with E-state index in [1.165, 1.54) is 42.3 Å². The van der Waals surface area contributed by atoms with Crippen LogP contribution in [0.25, 0.3) is 22.5 Å². The van der Waals surface area contributed by atoms with E-state index in [0.717, 1.165) is 11.3 Å². The molecule has 0 aliphatic heterocycles. The Hall–Kier alpha value is -3.44. The van der Waals surface area contributed by atoms with Crippen molar-refractivity contribution in [1.29, 1.82) is 0 Å². The summed E-state index contributed by atoms with van der Waals surface area (Å²) in [7, 11) is 1.27. The quantitative estimate of drug-likeness (QED) is 0.234. The Balaban J connectivity index is 1.53. The van der Waals surface area contributed by atoms with Gasteiger partial charge in [0.2, 0.25) is 5.91 Å². The number of thiophene rings is 1. The fourth-order valence-corrected chi connectivity index (χ4v) is 5.37. The lowest BCUT2D eigenvalue weighted by molar-refractivity contribution is -0.113. The van der Waals surface area contributed by atoms with E-state index in [4.69, 9.17) is 9.15 Å². The number of rotatable bonds is 8. The van der Waals surface area contributed by atoms with Crippen LogP contribution in [0.3, 0.4) is 0 Å². The first-order chi connectivity index (χ1) is 16.8. The number of hydrogen-bond acceptors (Lipinski definition) is 8. The van der Waals surface area contributed by atoms with Gasteiger partial charge in [-0.25, -0.2) is 9.18 Å². The molecular formula is C24H23FN4O4S2. The van der Waals surface area contributed by atoms with Gasteiger partial charge in [0.25, 0.3) is 0 Å². The molecule has 0 aliphatic rings. The molecule has 0 radical (unpaired) electrons. The maximum atomic E-state index is 13.3. The van der Waals surface area contributed by atoms with E-state index in [1.54, 1.807) is 23.8 Å². The number of amides is 1. The fourth-order valence-electron chi connectivity index (χ4n) is 3.53. The zero-order chi connectivity index (χ0) is 25.1. The Morgan fingerprint density at radius 2 is 1.94 bits per heavy atom. The summed E-state index contributed by atoms with van der Waals surface area (Å²) in [4.78, 5) is 25.3. The van der Waals surface area contributed by atoms with Crippen LogP contribution >= 0.6 is 23.1 Å². The first-order valence-corrected chi connectivity index (χ1v) is 12.5. The minimum absolute atomic E-state index is 0.0552. The third-order valence-corrected chi connectivity index (χ3v) is 7.04. The summed E-state index contributed by atoms with van der Waals surface area (Å²) >= 11 is 2.45. The predicted octanol–water partition coefficient (Wildman–Crippen LogP) is 5.81. The molecular weight excluding hydrogens is 491 g/mol. The molecule has 35 heavy (non-hydrogen) atoms. The highest BCUT2D eigenvalue weighted by Crippen LogP contribution is 2.36. The number of carbonyl (C=O) groups excluding carboxylic acids is 2. The van der Waals surface area contributed by atoms with E-state index in [-0.39, 0.29) is 29.1 Å². The average molecular weight is 515 g/mol. The standard InChI is InChI=1S/C24H23FN4O4S2/c1-13(2)29-21(17-9-10-33-14(17)3)27-28-24(29)35-12-19(30)26-22-20(23(31)32-4)18(11-34-22)15-5-7-16(25)8-6-15/h5-11,13H,12H2,1-4H3,(H,26,30). The number of furan rings is 1. The predicted molar refractivity (Wildman–Crippen MR) is 133 cm³/mol. The molecule has 4 rings (SSSR count). The van der Waals surface area contributed by atoms with Gasteiger partial charge in [0, 0.05) is 17.0 Å². The number of methoxy groups -OCH3 is 1. The number of nitrogens with zero attached hydrogens (tertiary/aromatic N) is 3. The number of benzene rings is 1. The molecule has 11 heteroatoms. The van der Waals surface area contributed by atoms with E-state index in [9.17, 15) is 14.0 Å². The van der Waals surface area contributed by atoms with Crippen molar-refractivity contribution in [3.63, 3.8) is 0 Å². The highest BCUT2D eigenvalue weighted by molar-refractivity contribution is 7.99. The second-order valence-corrected chi connectivity index (χ2v) is 9.67. The maximum Gasteiger partial charge on any atom is 0.341 e. The minimum Gasteiger partial charge on any atom is -0.469 e. The average Bonchev–Trinajstić information content (AvgIpc) is 3.55. The van der Waals surface area contributed by atoms with E-state index in [0.29, 0.717) is 27.1 Å². The molecule has 1 amide bonds. The van der Waals surface area contributed by atoms with Crippen molar-refractivity contribution in [2.45, 2.75) is 32.0 Å². The Labute approximate surface area is 209 Å². The van der Waals surface area contributed by atoms with E-state index in [2.05, 4.69) is 15.5 Å². The molecule has 0 fully saturated rings. The number of esters is 1. The number of halogens is 1. The number of anilines is 1. The summed E-state index contributed by atoms with van der Waals surface area (Å²) in [6, 6.07) is 7.66. The molecule has 0 saturated carbocycles. The van der Waals surface area contributed by atoms with Crippen molar-refractivity contribution >= 4 is 40.0 Å². The lowest BCUT2D eigenvalue weighted by atomic mass is 10.0. The van der Waals surface area contributed by atoms with Crippen LogP contribution in [0, 0.1) is 12.7 Å². The smallest absolute Gasteiger partial charge is 0.341 e. The van der Waals surface area contributed by atoms with Crippen LogP contribution in [0.4, 0.5) is 9.39 Å². The van der Waals surface area contributed by atoms with Crippen molar-refractivity contribution in [3.8, 4) is 22.5 Å². The van der Waals surface area contributed by atoms with Crippen molar-refractivity contribution in [2.75, 3.05) is 18.2 Å². The van der Waals surface area contributed by atoms with Crippen LogP contribution in [0.5, 0.6) is 0 Å². The van der Waals surface area contributed by atoms with Crippen molar-refractivity contribution < 1.29 is 23.1 Å². The number of ether oxygens (including phenoxy) is 1. The Morgan fingerprint density at radius 3 is 2.57 bits per heavy atom. The van der Waals surface area contributed by atoms with Gasteiger partial charge in [0.05, 0.1) is 24.7 Å². The van der Waals surface area contributed by atoms with Crippen molar-refractivity contribution in [3.05, 3.63) is 59.1 Å². The molecule has 3 heterocycles. The summed E-state index contributed by atoms with van der Waals surface area (Å²) in [6.45, 7) is 5.88. The number of thioether (sulfide) groups is 1. The van der Waals surface area contributed by atoms with Gasteiger partial charge in [-0.3, -0.25) is 9.36 Å². The molecule has 0 unspecified atom stereocenters. The van der Waals surface area contributed by atoms with Crippen molar-refractivity contribution in [2.24, 2.45) is 0 Å².